The van der Waals surface area contributed by atoms with E-state index in [9.17, 15) is 4.79 Å². The molecule has 6 nitrogen and oxygen atoms in total. The Morgan fingerprint density at radius 1 is 1.15 bits per heavy atom. The summed E-state index contributed by atoms with van der Waals surface area (Å²) < 4.78 is 1.99. The van der Waals surface area contributed by atoms with Gasteiger partial charge in [0.15, 0.2) is 0 Å². The Kier molecular flexibility index (Phi) is 4.70. The van der Waals surface area contributed by atoms with Gasteiger partial charge in [-0.25, -0.2) is 9.97 Å². The minimum atomic E-state index is 0.00294. The first-order valence-electron chi connectivity index (χ1n) is 6.57. The maximum atomic E-state index is 11.8. The molecule has 2 aromatic rings. The van der Waals surface area contributed by atoms with Crippen molar-refractivity contribution in [3.63, 3.8) is 0 Å². The lowest BCUT2D eigenvalue weighted by Gasteiger charge is -2.10. The quantitative estimate of drug-likeness (QED) is 0.774. The van der Waals surface area contributed by atoms with Crippen molar-refractivity contribution in [3.05, 3.63) is 42.0 Å². The second-order valence-corrected chi connectivity index (χ2v) is 4.55. The molecule has 6 heteroatoms. The molecule has 0 radical (unpaired) electrons. The molecule has 0 atom stereocenters. The van der Waals surface area contributed by atoms with Crippen molar-refractivity contribution in [2.75, 3.05) is 18.4 Å². The smallest absolute Gasteiger partial charge is 0.239 e. The highest BCUT2D eigenvalue weighted by molar-refractivity contribution is 5.75. The predicted octanol–water partition coefficient (Wildman–Crippen LogP) is 1.12. The van der Waals surface area contributed by atoms with Gasteiger partial charge in [-0.2, -0.15) is 0 Å². The molecule has 106 valence electrons. The average Bonchev–Trinajstić information content (AvgIpc) is 2.77. The molecule has 0 unspecified atom stereocenters. The molecule has 0 saturated heterocycles. The number of aryl methyl sites for hydroxylation is 2. The van der Waals surface area contributed by atoms with Crippen LogP contribution < -0.4 is 10.6 Å². The van der Waals surface area contributed by atoms with Crippen LogP contribution in [0.2, 0.25) is 0 Å². The largest absolute Gasteiger partial charge is 0.353 e. The van der Waals surface area contributed by atoms with E-state index < -0.39 is 0 Å². The van der Waals surface area contributed by atoms with Crippen LogP contribution in [0, 0.1) is 13.8 Å². The van der Waals surface area contributed by atoms with Gasteiger partial charge in [-0.3, -0.25) is 4.79 Å². The summed E-state index contributed by atoms with van der Waals surface area (Å²) in [6.45, 7) is 5.48. The summed E-state index contributed by atoms with van der Waals surface area (Å²) in [7, 11) is 0. The number of hydrogen-bond acceptors (Lipinski definition) is 4. The summed E-state index contributed by atoms with van der Waals surface area (Å²) in [4.78, 5) is 19.9. The standard InChI is InChI=1S/C14H19N5O/c1-11-4-5-12(2)19(11)10-13(20)15-8-9-18-14-16-6-3-7-17-14/h3-7H,8-10H2,1-2H3,(H,15,20)(H,16,17,18). The monoisotopic (exact) mass is 273 g/mol. The van der Waals surface area contributed by atoms with Crippen molar-refractivity contribution in [1.29, 1.82) is 0 Å². The fourth-order valence-electron chi connectivity index (χ4n) is 1.91. The molecule has 2 heterocycles. The number of anilines is 1. The summed E-state index contributed by atoms with van der Waals surface area (Å²) in [5, 5.41) is 5.91. The molecule has 2 N–H and O–H groups in total. The lowest BCUT2D eigenvalue weighted by atomic mass is 10.4. The van der Waals surface area contributed by atoms with E-state index in [1.54, 1.807) is 18.5 Å². The van der Waals surface area contributed by atoms with Crippen molar-refractivity contribution in [2.45, 2.75) is 20.4 Å². The zero-order chi connectivity index (χ0) is 14.4. The Morgan fingerprint density at radius 3 is 2.45 bits per heavy atom. The predicted molar refractivity (Wildman–Crippen MR) is 77.4 cm³/mol. The summed E-state index contributed by atoms with van der Waals surface area (Å²) in [5.41, 5.74) is 2.18. The van der Waals surface area contributed by atoms with Crippen molar-refractivity contribution in [1.82, 2.24) is 19.9 Å². The lowest BCUT2D eigenvalue weighted by Crippen LogP contribution is -2.32. The number of carbonyl (C=O) groups excluding carboxylic acids is 1. The third-order valence-electron chi connectivity index (χ3n) is 3.02. The van der Waals surface area contributed by atoms with E-state index >= 15 is 0 Å². The molecule has 0 saturated carbocycles. The first-order chi connectivity index (χ1) is 9.66. The highest BCUT2D eigenvalue weighted by atomic mass is 16.1. The maximum absolute atomic E-state index is 11.8. The van der Waals surface area contributed by atoms with Gasteiger partial charge in [0.05, 0.1) is 0 Å². The fourth-order valence-corrected chi connectivity index (χ4v) is 1.91. The Bertz CT molecular complexity index is 545. The molecule has 0 aliphatic carbocycles. The highest BCUT2D eigenvalue weighted by Gasteiger charge is 2.06. The van der Waals surface area contributed by atoms with Gasteiger partial charge in [0.1, 0.15) is 6.54 Å². The molecule has 0 aliphatic rings. The van der Waals surface area contributed by atoms with Gasteiger partial charge in [-0.05, 0) is 32.0 Å². The molecule has 20 heavy (non-hydrogen) atoms. The lowest BCUT2D eigenvalue weighted by molar-refractivity contribution is -0.121. The third kappa shape index (κ3) is 3.81. The van der Waals surface area contributed by atoms with Crippen LogP contribution in [0.15, 0.2) is 30.6 Å². The molecule has 0 aromatic carbocycles. The Labute approximate surface area is 118 Å². The first kappa shape index (κ1) is 14.0. The van der Waals surface area contributed by atoms with Crippen LogP contribution >= 0.6 is 0 Å². The molecule has 2 rings (SSSR count). The minimum Gasteiger partial charge on any atom is -0.353 e. The summed E-state index contributed by atoms with van der Waals surface area (Å²) >= 11 is 0. The van der Waals surface area contributed by atoms with Crippen molar-refractivity contribution in [2.24, 2.45) is 0 Å². The van der Waals surface area contributed by atoms with E-state index in [1.807, 2.05) is 30.5 Å². The average molecular weight is 273 g/mol. The summed E-state index contributed by atoms with van der Waals surface area (Å²) in [5.74, 6) is 0.571. The van der Waals surface area contributed by atoms with Crippen LogP contribution in [0.4, 0.5) is 5.95 Å². The highest BCUT2D eigenvalue weighted by Crippen LogP contribution is 2.06. The van der Waals surface area contributed by atoms with Crippen LogP contribution in [0.5, 0.6) is 0 Å². The van der Waals surface area contributed by atoms with Gasteiger partial charge in [-0.1, -0.05) is 0 Å². The van der Waals surface area contributed by atoms with Gasteiger partial charge in [-0.15, -0.1) is 0 Å². The van der Waals surface area contributed by atoms with Crippen LogP contribution in [0.25, 0.3) is 0 Å². The van der Waals surface area contributed by atoms with Crippen LogP contribution in [0.3, 0.4) is 0 Å². The van der Waals surface area contributed by atoms with E-state index in [0.29, 0.717) is 25.6 Å². The molecule has 0 fully saturated rings. The summed E-state index contributed by atoms with van der Waals surface area (Å²) in [6.07, 6.45) is 3.34. The molecule has 0 aliphatic heterocycles. The van der Waals surface area contributed by atoms with Crippen molar-refractivity contribution < 1.29 is 4.79 Å². The van der Waals surface area contributed by atoms with Gasteiger partial charge in [0.25, 0.3) is 0 Å². The van der Waals surface area contributed by atoms with E-state index in [1.165, 1.54) is 0 Å². The molecule has 2 aromatic heterocycles. The van der Waals surface area contributed by atoms with Gasteiger partial charge < -0.3 is 15.2 Å². The fraction of sp³-hybridized carbons (Fsp3) is 0.357. The molecule has 0 bridgehead atoms. The zero-order valence-corrected chi connectivity index (χ0v) is 11.8. The molecular formula is C14H19N5O. The van der Waals surface area contributed by atoms with Crippen molar-refractivity contribution >= 4 is 11.9 Å². The van der Waals surface area contributed by atoms with Crippen LogP contribution in [0.1, 0.15) is 11.4 Å². The van der Waals surface area contributed by atoms with Crippen LogP contribution in [-0.2, 0) is 11.3 Å². The number of aromatic nitrogens is 3. The van der Waals surface area contributed by atoms with Gasteiger partial charge >= 0.3 is 0 Å². The van der Waals surface area contributed by atoms with Crippen LogP contribution in [-0.4, -0.2) is 33.5 Å². The maximum Gasteiger partial charge on any atom is 0.239 e. The number of rotatable bonds is 6. The summed E-state index contributed by atoms with van der Waals surface area (Å²) in [6, 6.07) is 5.78. The van der Waals surface area contributed by atoms with E-state index in [-0.39, 0.29) is 5.91 Å². The molecular weight excluding hydrogens is 254 g/mol. The van der Waals surface area contributed by atoms with E-state index in [4.69, 9.17) is 0 Å². The van der Waals surface area contributed by atoms with Crippen molar-refractivity contribution in [3.8, 4) is 0 Å². The van der Waals surface area contributed by atoms with Gasteiger partial charge in [0, 0.05) is 36.9 Å². The number of nitrogens with zero attached hydrogens (tertiary/aromatic N) is 3. The normalized spacial score (nSPS) is 10.3. The zero-order valence-electron chi connectivity index (χ0n) is 11.8. The first-order valence-corrected chi connectivity index (χ1v) is 6.57. The Hall–Kier alpha value is -2.37. The third-order valence-corrected chi connectivity index (χ3v) is 3.02. The molecule has 0 spiro atoms. The number of carbonyl (C=O) groups is 1. The molecule has 1 amide bonds. The number of nitrogens with one attached hydrogen (secondary N) is 2. The van der Waals surface area contributed by atoms with Gasteiger partial charge in [0.2, 0.25) is 11.9 Å². The SMILES string of the molecule is Cc1ccc(C)n1CC(=O)NCCNc1ncccn1. The second-order valence-electron chi connectivity index (χ2n) is 4.55. The van der Waals surface area contributed by atoms with E-state index in [2.05, 4.69) is 20.6 Å². The Balaban J connectivity index is 1.71. The number of hydrogen-bond donors (Lipinski definition) is 2. The minimum absolute atomic E-state index is 0.00294. The number of amides is 1. The second kappa shape index (κ2) is 6.70. The van der Waals surface area contributed by atoms with E-state index in [0.717, 1.165) is 11.4 Å². The topological polar surface area (TPSA) is 71.8 Å². The Morgan fingerprint density at radius 2 is 1.80 bits per heavy atom.